The molecule has 0 unspecified atom stereocenters. The second kappa shape index (κ2) is 8.85. The maximum atomic E-state index is 12.7. The predicted octanol–water partition coefficient (Wildman–Crippen LogP) is 7.05. The summed E-state index contributed by atoms with van der Waals surface area (Å²) in [7, 11) is 0. The van der Waals surface area contributed by atoms with Crippen LogP contribution in [0.1, 0.15) is 16.1 Å². The molecule has 1 amide bonds. The Hall–Kier alpha value is -2.26. The highest BCUT2D eigenvalue weighted by molar-refractivity contribution is 7.80. The summed E-state index contributed by atoms with van der Waals surface area (Å²) in [5, 5.41) is 5.35. The quantitative estimate of drug-likeness (QED) is 0.384. The largest absolute Gasteiger partial charge is 0.451 e. The minimum absolute atomic E-state index is 0.0660. The number of benzene rings is 2. The van der Waals surface area contributed by atoms with Gasteiger partial charge in [0.2, 0.25) is 0 Å². The maximum Gasteiger partial charge on any atom is 0.416 e. The van der Waals surface area contributed by atoms with Gasteiger partial charge in [-0.3, -0.25) is 10.1 Å². The van der Waals surface area contributed by atoms with Crippen molar-refractivity contribution in [3.8, 4) is 11.3 Å². The van der Waals surface area contributed by atoms with Gasteiger partial charge >= 0.3 is 6.18 Å². The van der Waals surface area contributed by atoms with E-state index < -0.39 is 17.6 Å². The number of hydrogen-bond donors (Lipinski definition) is 2. The van der Waals surface area contributed by atoms with Crippen LogP contribution in [0.4, 0.5) is 18.9 Å². The fourth-order valence-electron chi connectivity index (χ4n) is 2.40. The zero-order valence-electron chi connectivity index (χ0n) is 14.6. The number of carbonyl (C=O) groups is 1. The molecule has 0 spiro atoms. The summed E-state index contributed by atoms with van der Waals surface area (Å²) < 4.78 is 43.6. The van der Waals surface area contributed by atoms with Crippen molar-refractivity contribution >= 4 is 63.7 Å². The van der Waals surface area contributed by atoms with Gasteiger partial charge in [0.15, 0.2) is 10.9 Å². The molecule has 2 aromatic carbocycles. The van der Waals surface area contributed by atoms with Crippen molar-refractivity contribution in [3.05, 3.63) is 74.9 Å². The predicted molar refractivity (Wildman–Crippen MR) is 114 cm³/mol. The molecule has 0 aliphatic rings. The van der Waals surface area contributed by atoms with Gasteiger partial charge < -0.3 is 9.73 Å². The van der Waals surface area contributed by atoms with E-state index in [9.17, 15) is 18.0 Å². The van der Waals surface area contributed by atoms with Crippen molar-refractivity contribution in [2.24, 2.45) is 0 Å². The lowest BCUT2D eigenvalue weighted by Crippen LogP contribution is -2.34. The van der Waals surface area contributed by atoms with Gasteiger partial charge in [0.25, 0.3) is 5.91 Å². The van der Waals surface area contributed by atoms with Crippen LogP contribution in [0.15, 0.2) is 52.9 Å². The first-order valence-corrected chi connectivity index (χ1v) is 9.63. The van der Waals surface area contributed by atoms with Gasteiger partial charge in [-0.25, -0.2) is 0 Å². The summed E-state index contributed by atoms with van der Waals surface area (Å²) in [5.41, 5.74) is -0.308. The number of nitrogens with one attached hydrogen (secondary N) is 2. The lowest BCUT2D eigenvalue weighted by atomic mass is 10.2. The van der Waals surface area contributed by atoms with E-state index in [0.717, 1.165) is 18.2 Å². The van der Waals surface area contributed by atoms with Gasteiger partial charge in [-0.2, -0.15) is 13.2 Å². The molecule has 0 atom stereocenters. The van der Waals surface area contributed by atoms with Gasteiger partial charge in [-0.05, 0) is 60.7 Å². The fourth-order valence-corrected chi connectivity index (χ4v) is 3.22. The third-order valence-corrected chi connectivity index (χ3v) is 4.88. The van der Waals surface area contributed by atoms with Gasteiger partial charge in [0.05, 0.1) is 21.3 Å². The molecule has 2 N–H and O–H groups in total. The average Bonchev–Trinajstić information content (AvgIpc) is 3.14. The summed E-state index contributed by atoms with van der Waals surface area (Å²) in [6.45, 7) is 0. The van der Waals surface area contributed by atoms with E-state index in [1.807, 2.05) is 0 Å². The van der Waals surface area contributed by atoms with Gasteiger partial charge in [-0.1, -0.05) is 34.8 Å². The standard InChI is InChI=1S/C19H10Cl3F3N2O2S/c20-10-2-3-12(21)11(8-10)15-5-6-16(29-15)17(28)27-18(30)26-14-4-1-9(7-13(14)22)19(23,24)25/h1-8H,(H2,26,27,28,30). The number of alkyl halides is 3. The molecule has 0 fully saturated rings. The average molecular weight is 494 g/mol. The molecule has 156 valence electrons. The first-order valence-electron chi connectivity index (χ1n) is 8.09. The zero-order chi connectivity index (χ0) is 22.1. The second-order valence-corrected chi connectivity index (χ2v) is 7.55. The lowest BCUT2D eigenvalue weighted by molar-refractivity contribution is -0.137. The van der Waals surface area contributed by atoms with Crippen LogP contribution < -0.4 is 10.6 Å². The Morgan fingerprint density at radius 1 is 0.967 bits per heavy atom. The number of hydrogen-bond acceptors (Lipinski definition) is 3. The van der Waals surface area contributed by atoms with Crippen molar-refractivity contribution in [1.29, 1.82) is 0 Å². The van der Waals surface area contributed by atoms with E-state index in [0.29, 0.717) is 21.4 Å². The number of thiocarbonyl (C=S) groups is 1. The second-order valence-electron chi connectivity index (χ2n) is 5.89. The molecule has 0 aliphatic carbocycles. The Labute approximate surface area is 188 Å². The number of amides is 1. The zero-order valence-corrected chi connectivity index (χ0v) is 17.7. The normalized spacial score (nSPS) is 11.3. The van der Waals surface area contributed by atoms with Crippen molar-refractivity contribution in [1.82, 2.24) is 5.32 Å². The third kappa shape index (κ3) is 5.26. The molecule has 3 rings (SSSR count). The fraction of sp³-hybridized carbons (Fsp3) is 0.0526. The molecule has 0 bridgehead atoms. The van der Waals surface area contributed by atoms with Crippen LogP contribution in [-0.4, -0.2) is 11.0 Å². The SMILES string of the molecule is O=C(NC(=S)Nc1ccc(C(F)(F)F)cc1Cl)c1ccc(-c2cc(Cl)ccc2Cl)o1. The van der Waals surface area contributed by atoms with Crippen molar-refractivity contribution in [2.75, 3.05) is 5.32 Å². The van der Waals surface area contributed by atoms with Crippen LogP contribution >= 0.6 is 47.0 Å². The van der Waals surface area contributed by atoms with Crippen LogP contribution in [0.5, 0.6) is 0 Å². The molecule has 1 aromatic heterocycles. The molecular weight excluding hydrogens is 484 g/mol. The molecular formula is C19H10Cl3F3N2O2S. The number of furan rings is 1. The summed E-state index contributed by atoms with van der Waals surface area (Å²) >= 11 is 22.9. The first-order chi connectivity index (χ1) is 14.0. The minimum atomic E-state index is -4.53. The molecule has 0 saturated carbocycles. The Bertz CT molecular complexity index is 1130. The number of rotatable bonds is 3. The van der Waals surface area contributed by atoms with Crippen molar-refractivity contribution in [2.45, 2.75) is 6.18 Å². The van der Waals surface area contributed by atoms with Crippen LogP contribution in [0.25, 0.3) is 11.3 Å². The lowest BCUT2D eigenvalue weighted by Gasteiger charge is -2.12. The third-order valence-electron chi connectivity index (χ3n) is 3.80. The van der Waals surface area contributed by atoms with Crippen molar-refractivity contribution in [3.63, 3.8) is 0 Å². The number of halogens is 6. The van der Waals surface area contributed by atoms with E-state index >= 15 is 0 Å². The van der Waals surface area contributed by atoms with E-state index in [4.69, 9.17) is 51.4 Å². The highest BCUT2D eigenvalue weighted by Crippen LogP contribution is 2.34. The highest BCUT2D eigenvalue weighted by atomic mass is 35.5. The Morgan fingerprint density at radius 3 is 2.37 bits per heavy atom. The topological polar surface area (TPSA) is 54.3 Å². The van der Waals surface area contributed by atoms with E-state index in [2.05, 4.69) is 10.6 Å². The van der Waals surface area contributed by atoms with Crippen LogP contribution in [0.2, 0.25) is 15.1 Å². The summed E-state index contributed by atoms with van der Waals surface area (Å²) in [4.78, 5) is 12.3. The smallest absolute Gasteiger partial charge is 0.416 e. The van der Waals surface area contributed by atoms with Gasteiger partial charge in [-0.15, -0.1) is 0 Å². The minimum Gasteiger partial charge on any atom is -0.451 e. The highest BCUT2D eigenvalue weighted by Gasteiger charge is 2.31. The van der Waals surface area contributed by atoms with Gasteiger partial charge in [0, 0.05) is 10.6 Å². The molecule has 11 heteroatoms. The number of carbonyl (C=O) groups excluding carboxylic acids is 1. The molecule has 1 heterocycles. The molecule has 0 saturated heterocycles. The van der Waals surface area contributed by atoms with Gasteiger partial charge in [0.1, 0.15) is 5.76 Å². The Kier molecular flexibility index (Phi) is 6.62. The summed E-state index contributed by atoms with van der Waals surface area (Å²) in [5.74, 6) is -0.430. The summed E-state index contributed by atoms with van der Waals surface area (Å²) in [6.07, 6.45) is -4.53. The van der Waals surface area contributed by atoms with Crippen LogP contribution in [0.3, 0.4) is 0 Å². The maximum absolute atomic E-state index is 12.7. The number of anilines is 1. The van der Waals surface area contributed by atoms with E-state index in [1.54, 1.807) is 18.2 Å². The molecule has 4 nitrogen and oxygen atoms in total. The molecule has 0 aliphatic heterocycles. The Balaban J connectivity index is 1.69. The van der Waals surface area contributed by atoms with Crippen LogP contribution in [0, 0.1) is 0 Å². The first kappa shape index (κ1) is 22.4. The molecule has 0 radical (unpaired) electrons. The monoisotopic (exact) mass is 492 g/mol. The summed E-state index contributed by atoms with van der Waals surface area (Å²) in [6, 6.07) is 10.4. The van der Waals surface area contributed by atoms with E-state index in [1.165, 1.54) is 12.1 Å². The molecule has 3 aromatic rings. The van der Waals surface area contributed by atoms with E-state index in [-0.39, 0.29) is 21.6 Å². The Morgan fingerprint density at radius 2 is 1.70 bits per heavy atom. The van der Waals surface area contributed by atoms with Crippen molar-refractivity contribution < 1.29 is 22.4 Å². The van der Waals surface area contributed by atoms with Crippen LogP contribution in [-0.2, 0) is 6.18 Å². The molecule has 30 heavy (non-hydrogen) atoms.